The highest BCUT2D eigenvalue weighted by molar-refractivity contribution is 6.30. The minimum atomic E-state index is -0.288. The Hall–Kier alpha value is -1.58. The van der Waals surface area contributed by atoms with Crippen LogP contribution in [-0.2, 0) is 13.2 Å². The van der Waals surface area contributed by atoms with Crippen LogP contribution in [0.2, 0.25) is 5.02 Å². The molecule has 0 atom stereocenters. The first-order chi connectivity index (χ1) is 10.0. The highest BCUT2D eigenvalue weighted by Gasteiger charge is 2.04. The number of halogens is 2. The summed E-state index contributed by atoms with van der Waals surface area (Å²) in [6.07, 6.45) is 0. The van der Waals surface area contributed by atoms with Crippen LogP contribution in [0.3, 0.4) is 0 Å². The van der Waals surface area contributed by atoms with E-state index in [0.29, 0.717) is 30.0 Å². The molecule has 4 heteroatoms. The van der Waals surface area contributed by atoms with Gasteiger partial charge in [0.1, 0.15) is 18.2 Å². The molecule has 0 aliphatic rings. The van der Waals surface area contributed by atoms with Crippen LogP contribution in [0.4, 0.5) is 4.39 Å². The second kappa shape index (κ2) is 7.43. The highest BCUT2D eigenvalue weighted by Crippen LogP contribution is 2.18. The fraction of sp³-hybridized carbons (Fsp3) is 0.294. The smallest absolute Gasteiger partial charge is 0.127 e. The van der Waals surface area contributed by atoms with Crippen LogP contribution in [0, 0.1) is 5.82 Å². The summed E-state index contributed by atoms with van der Waals surface area (Å²) in [6, 6.07) is 12.5. The normalized spacial score (nSPS) is 10.9. The lowest BCUT2D eigenvalue weighted by atomic mass is 10.2. The molecule has 0 aromatic heterocycles. The predicted molar refractivity (Wildman–Crippen MR) is 84.2 cm³/mol. The van der Waals surface area contributed by atoms with E-state index in [1.54, 1.807) is 0 Å². The molecule has 0 fully saturated rings. The van der Waals surface area contributed by atoms with E-state index in [0.717, 1.165) is 11.1 Å². The van der Waals surface area contributed by atoms with Crippen molar-refractivity contribution in [3.05, 3.63) is 64.4 Å². The second-order valence-electron chi connectivity index (χ2n) is 5.25. The molecule has 0 bridgehead atoms. The van der Waals surface area contributed by atoms with Gasteiger partial charge in [-0.1, -0.05) is 37.6 Å². The molecule has 21 heavy (non-hydrogen) atoms. The molecule has 0 saturated carbocycles. The zero-order valence-corrected chi connectivity index (χ0v) is 13.0. The first-order valence-corrected chi connectivity index (χ1v) is 7.31. The minimum absolute atomic E-state index is 0.288. The summed E-state index contributed by atoms with van der Waals surface area (Å²) in [4.78, 5) is 0. The summed E-state index contributed by atoms with van der Waals surface area (Å²) in [5, 5.41) is 3.95. The third kappa shape index (κ3) is 5.37. The third-order valence-electron chi connectivity index (χ3n) is 2.96. The Morgan fingerprint density at radius 3 is 2.48 bits per heavy atom. The second-order valence-corrected chi connectivity index (χ2v) is 5.68. The Labute approximate surface area is 129 Å². The maximum absolute atomic E-state index is 13.6. The van der Waals surface area contributed by atoms with Crippen LogP contribution < -0.4 is 10.1 Å². The quantitative estimate of drug-likeness (QED) is 0.845. The van der Waals surface area contributed by atoms with E-state index in [-0.39, 0.29) is 5.82 Å². The lowest BCUT2D eigenvalue weighted by Crippen LogP contribution is -2.21. The maximum Gasteiger partial charge on any atom is 0.127 e. The molecule has 0 saturated heterocycles. The molecular weight excluding hydrogens is 289 g/mol. The largest absolute Gasteiger partial charge is 0.489 e. The molecule has 0 aliphatic carbocycles. The minimum Gasteiger partial charge on any atom is -0.489 e. The molecule has 2 rings (SSSR count). The maximum atomic E-state index is 13.6. The molecule has 112 valence electrons. The molecule has 2 nitrogen and oxygen atoms in total. The summed E-state index contributed by atoms with van der Waals surface area (Å²) in [5.74, 6) is 0.245. The van der Waals surface area contributed by atoms with E-state index in [4.69, 9.17) is 16.3 Å². The van der Waals surface area contributed by atoms with Gasteiger partial charge in [-0.2, -0.15) is 0 Å². The SMILES string of the molecule is CC(C)NCc1cc(F)cc(OCc2ccc(Cl)cc2)c1. The van der Waals surface area contributed by atoms with Crippen molar-refractivity contribution in [2.24, 2.45) is 0 Å². The van der Waals surface area contributed by atoms with Gasteiger partial charge in [0.2, 0.25) is 0 Å². The van der Waals surface area contributed by atoms with Gasteiger partial charge < -0.3 is 10.1 Å². The van der Waals surface area contributed by atoms with Gasteiger partial charge in [-0.15, -0.1) is 0 Å². The van der Waals surface area contributed by atoms with E-state index in [2.05, 4.69) is 19.2 Å². The first-order valence-electron chi connectivity index (χ1n) is 6.93. The van der Waals surface area contributed by atoms with Crippen molar-refractivity contribution < 1.29 is 9.13 Å². The third-order valence-corrected chi connectivity index (χ3v) is 3.22. The standard InChI is InChI=1S/C17H19ClFNO/c1-12(2)20-10-14-7-16(19)9-17(8-14)21-11-13-3-5-15(18)6-4-13/h3-9,12,20H,10-11H2,1-2H3. The molecule has 1 N–H and O–H groups in total. The zero-order valence-electron chi connectivity index (χ0n) is 12.2. The number of benzene rings is 2. The Balaban J connectivity index is 2.00. The van der Waals surface area contributed by atoms with Gasteiger partial charge in [0, 0.05) is 23.7 Å². The van der Waals surface area contributed by atoms with E-state index >= 15 is 0 Å². The van der Waals surface area contributed by atoms with Gasteiger partial charge >= 0.3 is 0 Å². The van der Waals surface area contributed by atoms with Gasteiger partial charge in [0.25, 0.3) is 0 Å². The van der Waals surface area contributed by atoms with Crippen LogP contribution in [0.1, 0.15) is 25.0 Å². The van der Waals surface area contributed by atoms with Gasteiger partial charge in [-0.3, -0.25) is 0 Å². The number of hydrogen-bond donors (Lipinski definition) is 1. The van der Waals surface area contributed by atoms with Crippen LogP contribution in [-0.4, -0.2) is 6.04 Å². The Morgan fingerprint density at radius 2 is 1.81 bits per heavy atom. The van der Waals surface area contributed by atoms with Crippen molar-refractivity contribution in [1.29, 1.82) is 0 Å². The average Bonchev–Trinajstić information content (AvgIpc) is 2.44. The Bertz CT molecular complexity index is 584. The van der Waals surface area contributed by atoms with Gasteiger partial charge in [0.05, 0.1) is 0 Å². The molecule has 0 spiro atoms. The van der Waals surface area contributed by atoms with E-state index in [1.807, 2.05) is 30.3 Å². The molecule has 2 aromatic rings. The Morgan fingerprint density at radius 1 is 1.10 bits per heavy atom. The van der Waals surface area contributed by atoms with E-state index < -0.39 is 0 Å². The fourth-order valence-corrected chi connectivity index (χ4v) is 2.00. The van der Waals surface area contributed by atoms with Crippen LogP contribution >= 0.6 is 11.6 Å². The summed E-state index contributed by atoms with van der Waals surface area (Å²) < 4.78 is 19.3. The summed E-state index contributed by atoms with van der Waals surface area (Å²) >= 11 is 5.83. The first kappa shape index (κ1) is 15.8. The van der Waals surface area contributed by atoms with E-state index in [9.17, 15) is 4.39 Å². The topological polar surface area (TPSA) is 21.3 Å². The molecule has 0 amide bonds. The van der Waals surface area contributed by atoms with Crippen molar-refractivity contribution >= 4 is 11.6 Å². The van der Waals surface area contributed by atoms with Crippen molar-refractivity contribution in [1.82, 2.24) is 5.32 Å². The van der Waals surface area contributed by atoms with Crippen LogP contribution in [0.5, 0.6) is 5.75 Å². The lowest BCUT2D eigenvalue weighted by Gasteiger charge is -2.11. The van der Waals surface area contributed by atoms with Crippen LogP contribution in [0.25, 0.3) is 0 Å². The van der Waals surface area contributed by atoms with Crippen molar-refractivity contribution in [2.75, 3.05) is 0 Å². The molecule has 2 aromatic carbocycles. The van der Waals surface area contributed by atoms with Gasteiger partial charge in [0.15, 0.2) is 0 Å². The summed E-state index contributed by atoms with van der Waals surface area (Å²) in [6.45, 7) is 5.11. The molecule has 0 radical (unpaired) electrons. The number of rotatable bonds is 6. The van der Waals surface area contributed by atoms with Crippen molar-refractivity contribution in [3.63, 3.8) is 0 Å². The van der Waals surface area contributed by atoms with Crippen LogP contribution in [0.15, 0.2) is 42.5 Å². The average molecular weight is 308 g/mol. The number of nitrogens with one attached hydrogen (secondary N) is 1. The molecular formula is C17H19ClFNO. The summed E-state index contributed by atoms with van der Waals surface area (Å²) in [7, 11) is 0. The molecule has 0 heterocycles. The van der Waals surface area contributed by atoms with Crippen molar-refractivity contribution in [2.45, 2.75) is 33.0 Å². The summed E-state index contributed by atoms with van der Waals surface area (Å²) in [5.41, 5.74) is 1.86. The molecule has 0 unspecified atom stereocenters. The fourth-order valence-electron chi connectivity index (χ4n) is 1.88. The Kier molecular flexibility index (Phi) is 5.59. The zero-order chi connectivity index (χ0) is 15.2. The van der Waals surface area contributed by atoms with Gasteiger partial charge in [-0.25, -0.2) is 4.39 Å². The van der Waals surface area contributed by atoms with Gasteiger partial charge in [-0.05, 0) is 35.4 Å². The highest BCUT2D eigenvalue weighted by atomic mass is 35.5. The number of ether oxygens (including phenoxy) is 1. The predicted octanol–water partition coefficient (Wildman–Crippen LogP) is 4.56. The number of hydrogen-bond acceptors (Lipinski definition) is 2. The van der Waals surface area contributed by atoms with Crippen molar-refractivity contribution in [3.8, 4) is 5.75 Å². The monoisotopic (exact) mass is 307 g/mol. The molecule has 0 aliphatic heterocycles. The lowest BCUT2D eigenvalue weighted by molar-refractivity contribution is 0.304. The van der Waals surface area contributed by atoms with E-state index in [1.165, 1.54) is 12.1 Å².